The minimum absolute atomic E-state index is 0. The van der Waals surface area contributed by atoms with Gasteiger partial charge in [0.2, 0.25) is 11.0 Å². The third kappa shape index (κ3) is 4.91. The highest BCUT2D eigenvalue weighted by molar-refractivity contribution is 7.15. The van der Waals surface area contributed by atoms with Gasteiger partial charge in [-0.3, -0.25) is 4.79 Å². The molecule has 21 heavy (non-hydrogen) atoms. The summed E-state index contributed by atoms with van der Waals surface area (Å²) < 4.78 is 24.6. The van der Waals surface area contributed by atoms with Crippen LogP contribution in [0.25, 0.3) is 0 Å². The van der Waals surface area contributed by atoms with Crippen molar-refractivity contribution < 1.29 is 13.6 Å². The number of carbonyl (C=O) groups is 1. The lowest BCUT2D eigenvalue weighted by Crippen LogP contribution is -2.12. The van der Waals surface area contributed by atoms with E-state index in [1.807, 2.05) is 18.2 Å². The van der Waals surface area contributed by atoms with Crippen molar-refractivity contribution in [3.63, 3.8) is 0 Å². The number of benzene rings is 1. The molecule has 5 nitrogen and oxygen atoms in total. The fraction of sp³-hybridized carbons (Fsp3) is 0.250. The number of alkyl halides is 2. The van der Waals surface area contributed by atoms with E-state index in [2.05, 4.69) is 15.5 Å². The van der Waals surface area contributed by atoms with Gasteiger partial charge < -0.3 is 11.1 Å². The molecule has 0 spiro atoms. The second-order valence-electron chi connectivity index (χ2n) is 3.99. The average molecular weight is 335 g/mol. The van der Waals surface area contributed by atoms with E-state index in [1.54, 1.807) is 6.07 Å². The first-order valence-corrected chi connectivity index (χ1v) is 6.62. The molecule has 0 radical (unpaired) electrons. The number of nitrogens with zero attached hydrogens (tertiary/aromatic N) is 2. The number of nitrogen functional groups attached to an aromatic ring is 1. The van der Waals surface area contributed by atoms with E-state index in [1.165, 1.54) is 0 Å². The van der Waals surface area contributed by atoms with Crippen LogP contribution in [0.5, 0.6) is 0 Å². The lowest BCUT2D eigenvalue weighted by atomic mass is 10.1. The summed E-state index contributed by atoms with van der Waals surface area (Å²) in [5, 5.41) is 8.87. The molecule has 9 heteroatoms. The molecule has 1 aromatic heterocycles. The van der Waals surface area contributed by atoms with Crippen LogP contribution in [0.15, 0.2) is 24.3 Å². The van der Waals surface area contributed by atoms with Gasteiger partial charge in [-0.15, -0.1) is 22.6 Å². The third-order valence-electron chi connectivity index (χ3n) is 2.55. The lowest BCUT2D eigenvalue weighted by molar-refractivity contribution is -0.116. The molecule has 0 atom stereocenters. The quantitative estimate of drug-likeness (QED) is 0.823. The first-order chi connectivity index (χ1) is 9.56. The average Bonchev–Trinajstić information content (AvgIpc) is 2.86. The van der Waals surface area contributed by atoms with Crippen molar-refractivity contribution in [3.05, 3.63) is 34.8 Å². The highest BCUT2D eigenvalue weighted by Crippen LogP contribution is 2.25. The van der Waals surface area contributed by atoms with E-state index in [4.69, 9.17) is 5.73 Å². The van der Waals surface area contributed by atoms with Crippen LogP contribution in [-0.4, -0.2) is 16.1 Å². The molecule has 0 saturated heterocycles. The molecule has 0 aliphatic rings. The lowest BCUT2D eigenvalue weighted by Gasteiger charge is -2.04. The number of hydrogen-bond acceptors (Lipinski definition) is 5. The van der Waals surface area contributed by atoms with E-state index >= 15 is 0 Å². The fourth-order valence-electron chi connectivity index (χ4n) is 1.57. The number of aromatic nitrogens is 2. The number of hydrogen-bond donors (Lipinski definition) is 2. The topological polar surface area (TPSA) is 80.9 Å². The monoisotopic (exact) mass is 334 g/mol. The smallest absolute Gasteiger partial charge is 0.291 e. The van der Waals surface area contributed by atoms with Crippen molar-refractivity contribution >= 4 is 40.5 Å². The molecule has 0 aliphatic heterocycles. The number of rotatable bonds is 5. The first-order valence-electron chi connectivity index (χ1n) is 5.81. The Morgan fingerprint density at radius 2 is 2.05 bits per heavy atom. The summed E-state index contributed by atoms with van der Waals surface area (Å²) in [5.74, 6) is -0.315. The summed E-state index contributed by atoms with van der Waals surface area (Å²) in [6.07, 6.45) is -2.01. The SMILES string of the molecule is Cl.Nc1ccccc1CCC(=O)Nc1nnc(C(F)F)s1. The van der Waals surface area contributed by atoms with Gasteiger partial charge >= 0.3 is 0 Å². The molecule has 0 fully saturated rings. The predicted molar refractivity (Wildman–Crippen MR) is 79.9 cm³/mol. The third-order valence-corrected chi connectivity index (χ3v) is 3.40. The number of carbonyl (C=O) groups excluding carboxylic acids is 1. The molecule has 0 saturated carbocycles. The summed E-state index contributed by atoms with van der Waals surface area (Å²) in [6, 6.07) is 7.24. The largest absolute Gasteiger partial charge is 0.399 e. The zero-order valence-corrected chi connectivity index (χ0v) is 12.4. The standard InChI is InChI=1S/C12H12F2N4OS.ClH/c13-10(14)11-17-18-12(20-11)16-9(19)6-5-7-3-1-2-4-8(7)15;/h1-4,10H,5-6,15H2,(H,16,18,19);1H. The Hall–Kier alpha value is -1.80. The van der Waals surface area contributed by atoms with Gasteiger partial charge in [0.25, 0.3) is 6.43 Å². The fourth-order valence-corrected chi connectivity index (χ4v) is 2.18. The molecule has 1 heterocycles. The minimum atomic E-state index is -2.68. The first kappa shape index (κ1) is 17.3. The number of halogens is 3. The summed E-state index contributed by atoms with van der Waals surface area (Å²) >= 11 is 0.665. The van der Waals surface area contributed by atoms with Crippen LogP contribution in [-0.2, 0) is 11.2 Å². The molecular weight excluding hydrogens is 322 g/mol. The maximum Gasteiger partial charge on any atom is 0.291 e. The number of aryl methyl sites for hydroxylation is 1. The number of nitrogens with one attached hydrogen (secondary N) is 1. The normalized spacial score (nSPS) is 10.2. The minimum Gasteiger partial charge on any atom is -0.399 e. The van der Waals surface area contributed by atoms with Crippen molar-refractivity contribution in [2.24, 2.45) is 0 Å². The van der Waals surface area contributed by atoms with Crippen LogP contribution < -0.4 is 11.1 Å². The Morgan fingerprint density at radius 1 is 1.33 bits per heavy atom. The Bertz CT molecular complexity index is 608. The molecule has 3 N–H and O–H groups in total. The van der Waals surface area contributed by atoms with E-state index in [0.717, 1.165) is 5.56 Å². The van der Waals surface area contributed by atoms with Gasteiger partial charge in [-0.05, 0) is 18.1 Å². The van der Waals surface area contributed by atoms with E-state index < -0.39 is 11.4 Å². The molecule has 114 valence electrons. The van der Waals surface area contributed by atoms with Crippen molar-refractivity contribution in [3.8, 4) is 0 Å². The molecule has 0 unspecified atom stereocenters. The number of anilines is 2. The molecule has 2 aromatic rings. The number of nitrogens with two attached hydrogens (primary N) is 1. The Labute approximate surface area is 130 Å². The van der Waals surface area contributed by atoms with Crippen LogP contribution in [0.2, 0.25) is 0 Å². The summed E-state index contributed by atoms with van der Waals surface area (Å²) in [4.78, 5) is 11.7. The van der Waals surface area contributed by atoms with Crippen molar-refractivity contribution in [1.82, 2.24) is 10.2 Å². The summed E-state index contributed by atoms with van der Waals surface area (Å²) in [6.45, 7) is 0. The molecule has 0 bridgehead atoms. The Kier molecular flexibility index (Phi) is 6.44. The van der Waals surface area contributed by atoms with Gasteiger partial charge in [-0.25, -0.2) is 8.78 Å². The van der Waals surface area contributed by atoms with Gasteiger partial charge in [-0.2, -0.15) is 0 Å². The van der Waals surface area contributed by atoms with Crippen LogP contribution >= 0.6 is 23.7 Å². The highest BCUT2D eigenvalue weighted by atomic mass is 35.5. The van der Waals surface area contributed by atoms with Crippen LogP contribution in [0.3, 0.4) is 0 Å². The van der Waals surface area contributed by atoms with Crippen LogP contribution in [0, 0.1) is 0 Å². The molecule has 1 aromatic carbocycles. The van der Waals surface area contributed by atoms with Gasteiger partial charge in [0.15, 0.2) is 5.01 Å². The second-order valence-corrected chi connectivity index (χ2v) is 5.00. The zero-order valence-electron chi connectivity index (χ0n) is 10.8. The maximum atomic E-state index is 12.3. The predicted octanol–water partition coefficient (Wildman–Crippen LogP) is 3.05. The van der Waals surface area contributed by atoms with Crippen molar-refractivity contribution in [2.75, 3.05) is 11.1 Å². The van der Waals surface area contributed by atoms with Gasteiger partial charge in [-0.1, -0.05) is 29.5 Å². The number of amides is 1. The van der Waals surface area contributed by atoms with E-state index in [-0.39, 0.29) is 29.9 Å². The molecule has 1 amide bonds. The second kappa shape index (κ2) is 7.84. The molecular formula is C12H13ClF2N4OS. The van der Waals surface area contributed by atoms with E-state index in [0.29, 0.717) is 23.4 Å². The Morgan fingerprint density at radius 3 is 2.67 bits per heavy atom. The van der Waals surface area contributed by atoms with Gasteiger partial charge in [0.05, 0.1) is 0 Å². The van der Waals surface area contributed by atoms with Crippen molar-refractivity contribution in [1.29, 1.82) is 0 Å². The van der Waals surface area contributed by atoms with E-state index in [9.17, 15) is 13.6 Å². The molecule has 2 rings (SSSR count). The maximum absolute atomic E-state index is 12.3. The molecule has 0 aliphatic carbocycles. The van der Waals surface area contributed by atoms with Crippen LogP contribution in [0.4, 0.5) is 19.6 Å². The zero-order chi connectivity index (χ0) is 14.5. The van der Waals surface area contributed by atoms with Gasteiger partial charge in [0, 0.05) is 12.1 Å². The van der Waals surface area contributed by atoms with Gasteiger partial charge in [0.1, 0.15) is 0 Å². The van der Waals surface area contributed by atoms with Crippen molar-refractivity contribution in [2.45, 2.75) is 19.3 Å². The highest BCUT2D eigenvalue weighted by Gasteiger charge is 2.15. The summed E-state index contributed by atoms with van der Waals surface area (Å²) in [5.41, 5.74) is 7.25. The Balaban J connectivity index is 0.00000220. The summed E-state index contributed by atoms with van der Waals surface area (Å²) in [7, 11) is 0. The van der Waals surface area contributed by atoms with Crippen LogP contribution in [0.1, 0.15) is 23.4 Å². The number of para-hydroxylation sites is 1.